The standard InChI is InChI=1S/C16H17FN2O3/c1-10(15(20)11-3-5-12(17)6-4-11)19-16(21)14-9-13(22-2)7-8-18-14/h3-10,15,20H,1-2H3,(H,19,21). The quantitative estimate of drug-likeness (QED) is 0.887. The van der Waals surface area contributed by atoms with E-state index in [9.17, 15) is 14.3 Å². The van der Waals surface area contributed by atoms with E-state index in [-0.39, 0.29) is 11.5 Å². The Balaban J connectivity index is 2.05. The number of carbonyl (C=O) groups is 1. The molecule has 2 N–H and O–H groups in total. The summed E-state index contributed by atoms with van der Waals surface area (Å²) >= 11 is 0. The number of rotatable bonds is 5. The molecular weight excluding hydrogens is 287 g/mol. The molecule has 0 fully saturated rings. The van der Waals surface area contributed by atoms with E-state index in [1.54, 1.807) is 13.0 Å². The predicted molar refractivity (Wildman–Crippen MR) is 79.1 cm³/mol. The van der Waals surface area contributed by atoms with Crippen molar-refractivity contribution in [1.82, 2.24) is 10.3 Å². The van der Waals surface area contributed by atoms with Gasteiger partial charge in [-0.3, -0.25) is 9.78 Å². The molecule has 0 spiro atoms. The van der Waals surface area contributed by atoms with Crippen LogP contribution in [0, 0.1) is 5.82 Å². The number of benzene rings is 1. The molecule has 0 bridgehead atoms. The first-order chi connectivity index (χ1) is 10.5. The Hall–Kier alpha value is -2.47. The summed E-state index contributed by atoms with van der Waals surface area (Å²) in [6.45, 7) is 1.66. The number of pyridine rings is 1. The zero-order chi connectivity index (χ0) is 16.1. The summed E-state index contributed by atoms with van der Waals surface area (Å²) in [4.78, 5) is 16.1. The van der Waals surface area contributed by atoms with E-state index in [0.29, 0.717) is 11.3 Å². The number of carbonyl (C=O) groups excluding carboxylic acids is 1. The van der Waals surface area contributed by atoms with Crippen LogP contribution in [0.4, 0.5) is 4.39 Å². The number of hydrogen-bond donors (Lipinski definition) is 2. The molecule has 0 radical (unpaired) electrons. The number of hydrogen-bond acceptors (Lipinski definition) is 4. The SMILES string of the molecule is COc1ccnc(C(=O)NC(C)C(O)c2ccc(F)cc2)c1. The number of amides is 1. The predicted octanol–water partition coefficient (Wildman–Crippen LogP) is 2.08. The summed E-state index contributed by atoms with van der Waals surface area (Å²) in [6, 6.07) is 8.05. The molecule has 0 saturated heterocycles. The van der Waals surface area contributed by atoms with Crippen LogP contribution >= 0.6 is 0 Å². The first kappa shape index (κ1) is 15.9. The third kappa shape index (κ3) is 3.79. The van der Waals surface area contributed by atoms with Gasteiger partial charge in [-0.25, -0.2) is 4.39 Å². The lowest BCUT2D eigenvalue weighted by molar-refractivity contribution is 0.0847. The van der Waals surface area contributed by atoms with E-state index in [0.717, 1.165) is 0 Å². The number of halogens is 1. The van der Waals surface area contributed by atoms with Gasteiger partial charge in [0.25, 0.3) is 5.91 Å². The number of ether oxygens (including phenoxy) is 1. The number of aromatic nitrogens is 1. The highest BCUT2D eigenvalue weighted by atomic mass is 19.1. The zero-order valence-corrected chi connectivity index (χ0v) is 12.3. The summed E-state index contributed by atoms with van der Waals surface area (Å²) in [5.74, 6) is -0.285. The number of methoxy groups -OCH3 is 1. The fourth-order valence-corrected chi connectivity index (χ4v) is 1.97. The van der Waals surface area contributed by atoms with Crippen molar-refractivity contribution < 1.29 is 19.0 Å². The Kier molecular flexibility index (Phi) is 5.06. The van der Waals surface area contributed by atoms with Gasteiger partial charge in [0.2, 0.25) is 0 Å². The van der Waals surface area contributed by atoms with Gasteiger partial charge in [-0.1, -0.05) is 12.1 Å². The van der Waals surface area contributed by atoms with Crippen molar-refractivity contribution in [3.63, 3.8) is 0 Å². The molecule has 1 aromatic heterocycles. The van der Waals surface area contributed by atoms with Crippen molar-refractivity contribution in [1.29, 1.82) is 0 Å². The minimum absolute atomic E-state index is 0.192. The number of aliphatic hydroxyl groups is 1. The summed E-state index contributed by atoms with van der Waals surface area (Å²) in [5, 5.41) is 12.9. The van der Waals surface area contributed by atoms with Crippen molar-refractivity contribution >= 4 is 5.91 Å². The topological polar surface area (TPSA) is 71.5 Å². The molecule has 2 aromatic rings. The minimum Gasteiger partial charge on any atom is -0.497 e. The second-order valence-electron chi connectivity index (χ2n) is 4.84. The molecule has 5 nitrogen and oxygen atoms in total. The lowest BCUT2D eigenvalue weighted by atomic mass is 10.0. The minimum atomic E-state index is -0.949. The molecule has 2 atom stereocenters. The van der Waals surface area contributed by atoms with Gasteiger partial charge in [0.1, 0.15) is 17.3 Å². The fourth-order valence-electron chi connectivity index (χ4n) is 1.97. The maximum Gasteiger partial charge on any atom is 0.270 e. The third-order valence-corrected chi connectivity index (χ3v) is 3.24. The first-order valence-electron chi connectivity index (χ1n) is 6.75. The van der Waals surface area contributed by atoms with Gasteiger partial charge in [-0.2, -0.15) is 0 Å². The Labute approximate surface area is 127 Å². The molecule has 1 heterocycles. The molecule has 22 heavy (non-hydrogen) atoms. The van der Waals surface area contributed by atoms with Crippen LogP contribution in [0.2, 0.25) is 0 Å². The van der Waals surface area contributed by atoms with E-state index in [1.165, 1.54) is 43.6 Å². The van der Waals surface area contributed by atoms with Crippen LogP contribution in [-0.2, 0) is 0 Å². The molecular formula is C16H17FN2O3. The molecule has 0 aliphatic rings. The third-order valence-electron chi connectivity index (χ3n) is 3.24. The lowest BCUT2D eigenvalue weighted by Gasteiger charge is -2.20. The number of nitrogens with one attached hydrogen (secondary N) is 1. The normalized spacial score (nSPS) is 13.3. The van der Waals surface area contributed by atoms with E-state index in [1.807, 2.05) is 0 Å². The zero-order valence-electron chi connectivity index (χ0n) is 12.3. The number of aliphatic hydroxyl groups excluding tert-OH is 1. The highest BCUT2D eigenvalue weighted by Gasteiger charge is 2.20. The lowest BCUT2D eigenvalue weighted by Crippen LogP contribution is -2.37. The number of nitrogens with zero attached hydrogens (tertiary/aromatic N) is 1. The highest BCUT2D eigenvalue weighted by molar-refractivity contribution is 5.92. The Morgan fingerprint density at radius 1 is 1.32 bits per heavy atom. The summed E-state index contributed by atoms with van der Waals surface area (Å²) in [6.07, 6.45) is 0.518. The molecule has 0 saturated carbocycles. The average molecular weight is 304 g/mol. The monoisotopic (exact) mass is 304 g/mol. The smallest absolute Gasteiger partial charge is 0.270 e. The van der Waals surface area contributed by atoms with Gasteiger partial charge in [-0.05, 0) is 30.7 Å². The fraction of sp³-hybridized carbons (Fsp3) is 0.250. The van der Waals surface area contributed by atoms with Crippen LogP contribution in [0.25, 0.3) is 0 Å². The maximum atomic E-state index is 12.9. The van der Waals surface area contributed by atoms with Crippen molar-refractivity contribution in [2.24, 2.45) is 0 Å². The van der Waals surface area contributed by atoms with Crippen LogP contribution in [0.1, 0.15) is 29.1 Å². The van der Waals surface area contributed by atoms with Gasteiger partial charge in [-0.15, -0.1) is 0 Å². The summed E-state index contributed by atoms with van der Waals surface area (Å²) in [5.41, 5.74) is 0.713. The van der Waals surface area contributed by atoms with E-state index < -0.39 is 18.1 Å². The second-order valence-corrected chi connectivity index (χ2v) is 4.84. The van der Waals surface area contributed by atoms with Gasteiger partial charge in [0, 0.05) is 12.3 Å². The molecule has 2 rings (SSSR count). The molecule has 2 unspecified atom stereocenters. The first-order valence-corrected chi connectivity index (χ1v) is 6.75. The van der Waals surface area contributed by atoms with E-state index >= 15 is 0 Å². The Bertz CT molecular complexity index is 646. The summed E-state index contributed by atoms with van der Waals surface area (Å²) < 4.78 is 17.9. The Morgan fingerprint density at radius 3 is 2.64 bits per heavy atom. The Morgan fingerprint density at radius 2 is 2.00 bits per heavy atom. The van der Waals surface area contributed by atoms with Crippen LogP contribution in [0.3, 0.4) is 0 Å². The van der Waals surface area contributed by atoms with Gasteiger partial charge in [0.05, 0.1) is 19.3 Å². The van der Waals surface area contributed by atoms with Crippen LogP contribution < -0.4 is 10.1 Å². The van der Waals surface area contributed by atoms with Crippen molar-refractivity contribution in [3.05, 3.63) is 59.7 Å². The average Bonchev–Trinajstić information content (AvgIpc) is 2.54. The van der Waals surface area contributed by atoms with Crippen LogP contribution in [-0.4, -0.2) is 29.1 Å². The van der Waals surface area contributed by atoms with E-state index in [2.05, 4.69) is 10.3 Å². The van der Waals surface area contributed by atoms with Crippen molar-refractivity contribution in [2.75, 3.05) is 7.11 Å². The van der Waals surface area contributed by atoms with Gasteiger partial charge >= 0.3 is 0 Å². The molecule has 1 amide bonds. The van der Waals surface area contributed by atoms with Crippen LogP contribution in [0.5, 0.6) is 5.75 Å². The van der Waals surface area contributed by atoms with Crippen molar-refractivity contribution in [3.8, 4) is 5.75 Å². The molecule has 0 aliphatic carbocycles. The molecule has 0 aliphatic heterocycles. The molecule has 116 valence electrons. The molecule has 1 aromatic carbocycles. The van der Waals surface area contributed by atoms with Gasteiger partial charge < -0.3 is 15.2 Å². The van der Waals surface area contributed by atoms with Crippen LogP contribution in [0.15, 0.2) is 42.6 Å². The van der Waals surface area contributed by atoms with Crippen molar-refractivity contribution in [2.45, 2.75) is 19.1 Å². The van der Waals surface area contributed by atoms with Gasteiger partial charge in [0.15, 0.2) is 0 Å². The highest BCUT2D eigenvalue weighted by Crippen LogP contribution is 2.18. The molecule has 6 heteroatoms. The largest absolute Gasteiger partial charge is 0.497 e. The summed E-state index contributed by atoms with van der Waals surface area (Å²) in [7, 11) is 1.50. The van der Waals surface area contributed by atoms with E-state index in [4.69, 9.17) is 4.74 Å². The maximum absolute atomic E-state index is 12.9. The second kappa shape index (κ2) is 7.00.